The van der Waals surface area contributed by atoms with E-state index in [1.54, 1.807) is 18.4 Å². The molecular weight excluding hydrogens is 396 g/mol. The van der Waals surface area contributed by atoms with E-state index < -0.39 is 5.41 Å². The first-order chi connectivity index (χ1) is 14.4. The zero-order valence-electron chi connectivity index (χ0n) is 18.6. The molecule has 6 heteroatoms. The van der Waals surface area contributed by atoms with Crippen LogP contribution in [0.15, 0.2) is 6.07 Å². The van der Waals surface area contributed by atoms with Crippen LogP contribution in [0.4, 0.5) is 0 Å². The van der Waals surface area contributed by atoms with Gasteiger partial charge in [0.25, 0.3) is 5.91 Å². The largest absolute Gasteiger partial charge is 0.378 e. The summed E-state index contributed by atoms with van der Waals surface area (Å²) in [5.74, 6) is 0.224. The van der Waals surface area contributed by atoms with Crippen molar-refractivity contribution in [3.8, 4) is 0 Å². The smallest absolute Gasteiger partial charge is 0.261 e. The molecule has 2 aliphatic carbocycles. The third kappa shape index (κ3) is 4.45. The summed E-state index contributed by atoms with van der Waals surface area (Å²) in [5, 5.41) is 3.13. The number of hydrogen-bond donors (Lipinski definition) is 1. The summed E-state index contributed by atoms with van der Waals surface area (Å²) in [4.78, 5) is 30.4. The SMILES string of the molecule is COC1(C)CCN(C(=O)C2(CNC(=O)c3cc4c(s3)CCCCCC4)CCC2)CC1. The number of rotatable bonds is 5. The molecule has 0 atom stereocenters. The van der Waals surface area contributed by atoms with Crippen LogP contribution in [-0.2, 0) is 22.4 Å². The predicted octanol–water partition coefficient (Wildman–Crippen LogP) is 4.33. The lowest BCUT2D eigenvalue weighted by atomic mass is 9.67. The van der Waals surface area contributed by atoms with Gasteiger partial charge in [0.05, 0.1) is 15.9 Å². The summed E-state index contributed by atoms with van der Waals surface area (Å²) in [6.45, 7) is 4.08. The summed E-state index contributed by atoms with van der Waals surface area (Å²) in [7, 11) is 1.76. The Morgan fingerprint density at radius 2 is 1.77 bits per heavy atom. The second kappa shape index (κ2) is 8.99. The van der Waals surface area contributed by atoms with E-state index in [1.165, 1.54) is 36.1 Å². The molecule has 0 aromatic carbocycles. The quantitative estimate of drug-likeness (QED) is 0.753. The molecule has 3 aliphatic rings. The lowest BCUT2D eigenvalue weighted by molar-refractivity contribution is -0.151. The van der Waals surface area contributed by atoms with Crippen LogP contribution in [0.3, 0.4) is 0 Å². The molecule has 2 fully saturated rings. The van der Waals surface area contributed by atoms with E-state index in [4.69, 9.17) is 4.74 Å². The molecule has 5 nitrogen and oxygen atoms in total. The Bertz CT molecular complexity index is 750. The minimum Gasteiger partial charge on any atom is -0.378 e. The molecule has 1 aromatic heterocycles. The number of likely N-dealkylation sites (tertiary alicyclic amines) is 1. The van der Waals surface area contributed by atoms with Gasteiger partial charge < -0.3 is 15.0 Å². The van der Waals surface area contributed by atoms with Gasteiger partial charge in [-0.15, -0.1) is 11.3 Å². The summed E-state index contributed by atoms with van der Waals surface area (Å²) in [5.41, 5.74) is 0.852. The van der Waals surface area contributed by atoms with Crippen LogP contribution < -0.4 is 5.32 Å². The van der Waals surface area contributed by atoms with Crippen LogP contribution in [0.25, 0.3) is 0 Å². The minimum atomic E-state index is -0.400. The van der Waals surface area contributed by atoms with Gasteiger partial charge in [-0.3, -0.25) is 9.59 Å². The Balaban J connectivity index is 1.36. The highest BCUT2D eigenvalue weighted by Gasteiger charge is 2.47. The number of hydrogen-bond acceptors (Lipinski definition) is 4. The predicted molar refractivity (Wildman–Crippen MR) is 120 cm³/mol. The molecule has 4 rings (SSSR count). The monoisotopic (exact) mass is 432 g/mol. The number of thiophene rings is 1. The number of carbonyl (C=O) groups is 2. The Hall–Kier alpha value is -1.40. The molecular formula is C24H36N2O3S. The number of fused-ring (bicyclic) bond motifs is 1. The Morgan fingerprint density at radius 1 is 1.07 bits per heavy atom. The highest BCUT2D eigenvalue weighted by Crippen LogP contribution is 2.43. The summed E-state index contributed by atoms with van der Waals surface area (Å²) >= 11 is 1.66. The van der Waals surface area contributed by atoms with Gasteiger partial charge in [0.1, 0.15) is 0 Å². The molecule has 0 unspecified atom stereocenters. The van der Waals surface area contributed by atoms with Crippen LogP contribution in [-0.4, -0.2) is 49.1 Å². The molecule has 1 saturated heterocycles. The highest BCUT2D eigenvalue weighted by molar-refractivity contribution is 7.14. The zero-order chi connectivity index (χ0) is 21.2. The van der Waals surface area contributed by atoms with Crippen molar-refractivity contribution in [3.05, 3.63) is 21.4 Å². The van der Waals surface area contributed by atoms with Gasteiger partial charge in [-0.25, -0.2) is 0 Å². The van der Waals surface area contributed by atoms with Gasteiger partial charge in [0, 0.05) is 31.6 Å². The van der Waals surface area contributed by atoms with E-state index in [9.17, 15) is 9.59 Å². The van der Waals surface area contributed by atoms with Crippen LogP contribution in [0.5, 0.6) is 0 Å². The maximum absolute atomic E-state index is 13.3. The second-order valence-electron chi connectivity index (χ2n) is 9.74. The molecule has 1 aliphatic heterocycles. The molecule has 1 aromatic rings. The van der Waals surface area contributed by atoms with Gasteiger partial charge >= 0.3 is 0 Å². The fourth-order valence-electron chi connectivity index (χ4n) is 5.08. The van der Waals surface area contributed by atoms with Gasteiger partial charge in [-0.2, -0.15) is 0 Å². The van der Waals surface area contributed by atoms with E-state index >= 15 is 0 Å². The van der Waals surface area contributed by atoms with Crippen molar-refractivity contribution in [1.82, 2.24) is 10.2 Å². The van der Waals surface area contributed by atoms with Crippen molar-refractivity contribution in [2.24, 2.45) is 5.41 Å². The van der Waals surface area contributed by atoms with Crippen molar-refractivity contribution >= 4 is 23.2 Å². The zero-order valence-corrected chi connectivity index (χ0v) is 19.4. The van der Waals surface area contributed by atoms with Crippen molar-refractivity contribution in [1.29, 1.82) is 0 Å². The first-order valence-corrected chi connectivity index (χ1v) is 12.5. The Labute approximate surface area is 184 Å². The number of amides is 2. The average Bonchev–Trinajstić information content (AvgIpc) is 3.09. The van der Waals surface area contributed by atoms with Gasteiger partial charge in [-0.1, -0.05) is 19.3 Å². The van der Waals surface area contributed by atoms with Crippen molar-refractivity contribution in [2.45, 2.75) is 83.2 Å². The van der Waals surface area contributed by atoms with E-state index in [0.29, 0.717) is 6.54 Å². The number of aryl methyl sites for hydroxylation is 2. The van der Waals surface area contributed by atoms with E-state index in [-0.39, 0.29) is 17.4 Å². The molecule has 2 heterocycles. The summed E-state index contributed by atoms with van der Waals surface area (Å²) in [6.07, 6.45) is 11.8. The van der Waals surface area contributed by atoms with Crippen molar-refractivity contribution < 1.29 is 14.3 Å². The number of piperidine rings is 1. The maximum Gasteiger partial charge on any atom is 0.261 e. The summed E-state index contributed by atoms with van der Waals surface area (Å²) < 4.78 is 5.62. The molecule has 0 radical (unpaired) electrons. The van der Waals surface area contributed by atoms with E-state index in [2.05, 4.69) is 18.3 Å². The number of nitrogens with zero attached hydrogens (tertiary/aromatic N) is 1. The Morgan fingerprint density at radius 3 is 2.40 bits per heavy atom. The molecule has 30 heavy (non-hydrogen) atoms. The van der Waals surface area contributed by atoms with Crippen LogP contribution >= 0.6 is 11.3 Å². The number of carbonyl (C=O) groups excluding carboxylic acids is 2. The average molecular weight is 433 g/mol. The van der Waals surface area contributed by atoms with Crippen LogP contribution in [0.1, 0.15) is 84.8 Å². The standard InChI is InChI=1S/C24H36N2O3S/c1-23(29-2)12-14-26(15-13-23)22(28)24(10-7-11-24)17-25-21(27)20-16-18-8-5-3-4-6-9-19(18)30-20/h16H,3-15,17H2,1-2H3,(H,25,27). The molecule has 1 N–H and O–H groups in total. The topological polar surface area (TPSA) is 58.6 Å². The number of ether oxygens (including phenoxy) is 1. The molecule has 1 saturated carbocycles. The Kier molecular flexibility index (Phi) is 6.54. The van der Waals surface area contributed by atoms with Crippen molar-refractivity contribution in [2.75, 3.05) is 26.7 Å². The highest BCUT2D eigenvalue weighted by atomic mass is 32.1. The van der Waals surface area contributed by atoms with Crippen LogP contribution in [0.2, 0.25) is 0 Å². The first-order valence-electron chi connectivity index (χ1n) is 11.7. The van der Waals surface area contributed by atoms with Crippen molar-refractivity contribution in [3.63, 3.8) is 0 Å². The van der Waals surface area contributed by atoms with E-state index in [1.807, 2.05) is 4.90 Å². The maximum atomic E-state index is 13.3. The molecule has 0 spiro atoms. The van der Waals surface area contributed by atoms with Gasteiger partial charge in [0.15, 0.2) is 0 Å². The van der Waals surface area contributed by atoms with Gasteiger partial charge in [-0.05, 0) is 69.9 Å². The molecule has 2 amide bonds. The van der Waals surface area contributed by atoms with E-state index in [0.717, 1.165) is 62.9 Å². The summed E-state index contributed by atoms with van der Waals surface area (Å²) in [6, 6.07) is 2.10. The normalized spacial score (nSPS) is 22.9. The third-order valence-electron chi connectivity index (χ3n) is 7.67. The fraction of sp³-hybridized carbons (Fsp3) is 0.750. The third-order valence-corrected chi connectivity index (χ3v) is 8.91. The van der Waals surface area contributed by atoms with Gasteiger partial charge in [0.2, 0.25) is 5.91 Å². The lowest BCUT2D eigenvalue weighted by Gasteiger charge is -2.46. The number of methoxy groups -OCH3 is 1. The number of nitrogens with one attached hydrogen (secondary N) is 1. The van der Waals surface area contributed by atoms with Crippen LogP contribution in [0, 0.1) is 5.41 Å². The lowest BCUT2D eigenvalue weighted by Crippen LogP contribution is -2.56. The molecule has 0 bridgehead atoms. The first kappa shape index (κ1) is 21.8. The second-order valence-corrected chi connectivity index (χ2v) is 10.9. The molecule has 166 valence electrons. The fourth-order valence-corrected chi connectivity index (χ4v) is 6.25. The minimum absolute atomic E-state index is 0.00331.